The molecule has 23 heavy (non-hydrogen) atoms. The molecule has 0 saturated heterocycles. The first-order valence-corrected chi connectivity index (χ1v) is 6.93. The van der Waals surface area contributed by atoms with Crippen LogP contribution in [0, 0.1) is 11.6 Å². The van der Waals surface area contributed by atoms with Gasteiger partial charge in [0.25, 0.3) is 11.8 Å². The SMILES string of the molecule is CC(C)(Oc1cc(F)ccc1F)N1C(=O)c2ccccc2C1=O. The molecule has 1 heterocycles. The van der Waals surface area contributed by atoms with E-state index in [4.69, 9.17) is 4.74 Å². The molecule has 0 atom stereocenters. The van der Waals surface area contributed by atoms with Gasteiger partial charge in [-0.25, -0.2) is 13.7 Å². The lowest BCUT2D eigenvalue weighted by atomic mass is 10.1. The Morgan fingerprint density at radius 1 is 0.957 bits per heavy atom. The third kappa shape index (κ3) is 2.46. The highest BCUT2D eigenvalue weighted by Crippen LogP contribution is 2.32. The summed E-state index contributed by atoms with van der Waals surface area (Å²) < 4.78 is 32.5. The van der Waals surface area contributed by atoms with Crippen molar-refractivity contribution in [2.45, 2.75) is 19.6 Å². The largest absolute Gasteiger partial charge is 0.465 e. The topological polar surface area (TPSA) is 46.6 Å². The first kappa shape index (κ1) is 15.1. The summed E-state index contributed by atoms with van der Waals surface area (Å²) in [5, 5.41) is 0. The molecule has 0 aromatic heterocycles. The quantitative estimate of drug-likeness (QED) is 0.815. The molecule has 1 aliphatic rings. The first-order valence-electron chi connectivity index (χ1n) is 6.93. The van der Waals surface area contributed by atoms with Crippen molar-refractivity contribution < 1.29 is 23.1 Å². The molecular weight excluding hydrogens is 304 g/mol. The maximum absolute atomic E-state index is 13.8. The number of carbonyl (C=O) groups is 2. The van der Waals surface area contributed by atoms with Crippen molar-refractivity contribution in [3.05, 3.63) is 65.2 Å². The van der Waals surface area contributed by atoms with Gasteiger partial charge in [0.1, 0.15) is 5.82 Å². The summed E-state index contributed by atoms with van der Waals surface area (Å²) in [6.45, 7) is 2.89. The predicted molar refractivity (Wildman–Crippen MR) is 78.0 cm³/mol. The van der Waals surface area contributed by atoms with Gasteiger partial charge >= 0.3 is 0 Å². The summed E-state index contributed by atoms with van der Waals surface area (Å²) in [6, 6.07) is 9.11. The minimum Gasteiger partial charge on any atom is -0.465 e. The number of fused-ring (bicyclic) bond motifs is 1. The summed E-state index contributed by atoms with van der Waals surface area (Å²) in [5.74, 6) is -2.90. The van der Waals surface area contributed by atoms with Gasteiger partial charge < -0.3 is 4.74 Å². The Morgan fingerprint density at radius 2 is 1.52 bits per heavy atom. The zero-order valence-corrected chi connectivity index (χ0v) is 12.5. The van der Waals surface area contributed by atoms with Crippen LogP contribution in [0.3, 0.4) is 0 Å². The summed E-state index contributed by atoms with van der Waals surface area (Å²) in [5.41, 5.74) is -0.968. The molecule has 0 unspecified atom stereocenters. The molecule has 1 aliphatic heterocycles. The number of benzene rings is 2. The number of hydrogen-bond donors (Lipinski definition) is 0. The van der Waals surface area contributed by atoms with Gasteiger partial charge in [0.2, 0.25) is 0 Å². The molecule has 0 aliphatic carbocycles. The molecule has 0 fully saturated rings. The van der Waals surface area contributed by atoms with Gasteiger partial charge in [0, 0.05) is 6.07 Å². The molecule has 2 aromatic carbocycles. The predicted octanol–water partition coefficient (Wildman–Crippen LogP) is 3.38. The third-order valence-corrected chi connectivity index (χ3v) is 3.59. The maximum Gasteiger partial charge on any atom is 0.264 e. The van der Waals surface area contributed by atoms with E-state index in [1.54, 1.807) is 12.1 Å². The van der Waals surface area contributed by atoms with Gasteiger partial charge in [-0.05, 0) is 38.1 Å². The fraction of sp³-hybridized carbons (Fsp3) is 0.176. The smallest absolute Gasteiger partial charge is 0.264 e. The highest BCUT2D eigenvalue weighted by molar-refractivity contribution is 6.21. The number of ether oxygens (including phenoxy) is 1. The number of halogens is 2. The second-order valence-corrected chi connectivity index (χ2v) is 5.61. The Labute approximate surface area is 131 Å². The molecule has 3 rings (SSSR count). The molecule has 0 radical (unpaired) electrons. The molecular formula is C17H13F2NO3. The minimum atomic E-state index is -1.48. The lowest BCUT2D eigenvalue weighted by molar-refractivity contribution is -0.0253. The Hall–Kier alpha value is -2.76. The molecule has 0 saturated carbocycles. The Kier molecular flexibility index (Phi) is 3.39. The van der Waals surface area contributed by atoms with Crippen LogP contribution in [0.5, 0.6) is 5.75 Å². The van der Waals surface area contributed by atoms with Gasteiger partial charge in [-0.1, -0.05) is 12.1 Å². The lowest BCUT2D eigenvalue weighted by Crippen LogP contribution is -2.51. The number of carbonyl (C=O) groups excluding carboxylic acids is 2. The first-order chi connectivity index (χ1) is 10.8. The highest BCUT2D eigenvalue weighted by Gasteiger charge is 2.45. The average Bonchev–Trinajstić information content (AvgIpc) is 2.75. The number of hydrogen-bond acceptors (Lipinski definition) is 3. The van der Waals surface area contributed by atoms with Gasteiger partial charge in [-0.3, -0.25) is 9.59 Å². The Balaban J connectivity index is 1.96. The van der Waals surface area contributed by atoms with Crippen LogP contribution in [0.1, 0.15) is 34.6 Å². The van der Waals surface area contributed by atoms with Crippen molar-refractivity contribution in [1.82, 2.24) is 4.90 Å². The van der Waals surface area contributed by atoms with E-state index < -0.39 is 29.2 Å². The van der Waals surface area contributed by atoms with Gasteiger partial charge in [0.15, 0.2) is 17.3 Å². The summed E-state index contributed by atoms with van der Waals surface area (Å²) in [7, 11) is 0. The molecule has 2 aromatic rings. The van der Waals surface area contributed by atoms with Crippen LogP contribution in [-0.2, 0) is 0 Å². The normalized spacial score (nSPS) is 14.2. The van der Waals surface area contributed by atoms with Crippen molar-refractivity contribution in [1.29, 1.82) is 0 Å². The number of nitrogens with zero attached hydrogens (tertiary/aromatic N) is 1. The fourth-order valence-electron chi connectivity index (χ4n) is 2.55. The van der Waals surface area contributed by atoms with Crippen molar-refractivity contribution in [3.8, 4) is 5.75 Å². The highest BCUT2D eigenvalue weighted by atomic mass is 19.1. The van der Waals surface area contributed by atoms with E-state index in [1.165, 1.54) is 26.0 Å². The van der Waals surface area contributed by atoms with E-state index in [2.05, 4.69) is 0 Å². The van der Waals surface area contributed by atoms with Crippen LogP contribution < -0.4 is 4.74 Å². The van der Waals surface area contributed by atoms with Crippen LogP contribution in [0.4, 0.5) is 8.78 Å². The second kappa shape index (κ2) is 5.15. The number of rotatable bonds is 3. The van der Waals surface area contributed by atoms with E-state index in [9.17, 15) is 18.4 Å². The zero-order valence-electron chi connectivity index (χ0n) is 12.5. The second-order valence-electron chi connectivity index (χ2n) is 5.61. The lowest BCUT2D eigenvalue weighted by Gasteiger charge is -2.34. The van der Waals surface area contributed by atoms with E-state index in [0.29, 0.717) is 0 Å². The zero-order chi connectivity index (χ0) is 16.8. The standard InChI is InChI=1S/C17H13F2NO3/c1-17(2,23-14-9-10(18)7-8-13(14)19)20-15(21)11-5-3-4-6-12(11)16(20)22/h3-9H,1-2H3. The van der Waals surface area contributed by atoms with Crippen LogP contribution in [0.15, 0.2) is 42.5 Å². The van der Waals surface area contributed by atoms with Crippen LogP contribution in [0.2, 0.25) is 0 Å². The van der Waals surface area contributed by atoms with Crippen molar-refractivity contribution in [2.75, 3.05) is 0 Å². The van der Waals surface area contributed by atoms with Crippen molar-refractivity contribution >= 4 is 11.8 Å². The van der Waals surface area contributed by atoms with E-state index in [0.717, 1.165) is 23.1 Å². The van der Waals surface area contributed by atoms with Crippen LogP contribution in [-0.4, -0.2) is 22.4 Å². The molecule has 4 nitrogen and oxygen atoms in total. The number of imide groups is 1. The molecule has 2 amide bonds. The summed E-state index contributed by atoms with van der Waals surface area (Å²) in [6.07, 6.45) is 0. The van der Waals surface area contributed by atoms with Gasteiger partial charge in [-0.2, -0.15) is 0 Å². The van der Waals surface area contributed by atoms with Gasteiger partial charge in [0.05, 0.1) is 11.1 Å². The molecule has 0 N–H and O–H groups in total. The van der Waals surface area contributed by atoms with E-state index in [-0.39, 0.29) is 16.9 Å². The van der Waals surface area contributed by atoms with Crippen LogP contribution in [0.25, 0.3) is 0 Å². The van der Waals surface area contributed by atoms with Crippen molar-refractivity contribution in [3.63, 3.8) is 0 Å². The van der Waals surface area contributed by atoms with Crippen molar-refractivity contribution in [2.24, 2.45) is 0 Å². The summed E-state index contributed by atoms with van der Waals surface area (Å²) >= 11 is 0. The molecule has 0 bridgehead atoms. The maximum atomic E-state index is 13.8. The molecule has 118 valence electrons. The van der Waals surface area contributed by atoms with Crippen LogP contribution >= 0.6 is 0 Å². The summed E-state index contributed by atoms with van der Waals surface area (Å²) in [4.78, 5) is 25.8. The third-order valence-electron chi connectivity index (χ3n) is 3.59. The average molecular weight is 317 g/mol. The van der Waals surface area contributed by atoms with E-state index in [1.807, 2.05) is 0 Å². The monoisotopic (exact) mass is 317 g/mol. The molecule has 0 spiro atoms. The van der Waals surface area contributed by atoms with Gasteiger partial charge in [-0.15, -0.1) is 0 Å². The number of amides is 2. The fourth-order valence-corrected chi connectivity index (χ4v) is 2.55. The Morgan fingerprint density at radius 3 is 2.09 bits per heavy atom. The van der Waals surface area contributed by atoms with E-state index >= 15 is 0 Å². The Bertz CT molecular complexity index is 782. The molecule has 6 heteroatoms. The minimum absolute atomic E-state index is 0.258.